The zero-order valence-electron chi connectivity index (χ0n) is 14.3. The molecule has 0 unspecified atom stereocenters. The van der Waals surface area contributed by atoms with Crippen molar-refractivity contribution in [3.8, 4) is 10.6 Å². The molecular weight excluding hydrogens is 384 g/mol. The standard InChI is InChI=1S/C20H17ClN2O3S/c21-15-8-4-7-14(10-15)19-22-16(12-27-19)11-18(24)23-17(20(25)26)9-13-5-2-1-3-6-13/h1-8,10,12,17H,9,11H2,(H,23,24)(H,25,26)/t17-/m0/s1. The second-order valence-electron chi connectivity index (χ2n) is 5.98. The van der Waals surface area contributed by atoms with Crippen LogP contribution in [-0.4, -0.2) is 28.0 Å². The highest BCUT2D eigenvalue weighted by Crippen LogP contribution is 2.26. The van der Waals surface area contributed by atoms with Crippen molar-refractivity contribution in [1.29, 1.82) is 0 Å². The van der Waals surface area contributed by atoms with Gasteiger partial charge in [0.05, 0.1) is 12.1 Å². The number of amides is 1. The molecular formula is C20H17ClN2O3S. The van der Waals surface area contributed by atoms with E-state index in [-0.39, 0.29) is 18.7 Å². The van der Waals surface area contributed by atoms with Crippen LogP contribution >= 0.6 is 22.9 Å². The van der Waals surface area contributed by atoms with Gasteiger partial charge in [0.15, 0.2) is 0 Å². The molecule has 2 aromatic carbocycles. The summed E-state index contributed by atoms with van der Waals surface area (Å²) in [5, 5.41) is 15.1. The second-order valence-corrected chi connectivity index (χ2v) is 7.27. The number of halogens is 1. The highest BCUT2D eigenvalue weighted by atomic mass is 35.5. The fraction of sp³-hybridized carbons (Fsp3) is 0.150. The van der Waals surface area contributed by atoms with Gasteiger partial charge >= 0.3 is 5.97 Å². The molecule has 138 valence electrons. The molecule has 0 fully saturated rings. The van der Waals surface area contributed by atoms with Crippen LogP contribution in [0.5, 0.6) is 0 Å². The van der Waals surface area contributed by atoms with E-state index in [0.717, 1.165) is 16.1 Å². The summed E-state index contributed by atoms with van der Waals surface area (Å²) in [7, 11) is 0. The molecule has 0 aliphatic carbocycles. The van der Waals surface area contributed by atoms with E-state index in [2.05, 4.69) is 10.3 Å². The van der Waals surface area contributed by atoms with Crippen LogP contribution in [0, 0.1) is 0 Å². The van der Waals surface area contributed by atoms with E-state index >= 15 is 0 Å². The predicted octanol–water partition coefficient (Wildman–Crippen LogP) is 3.82. The SMILES string of the molecule is O=C(Cc1csc(-c2cccc(Cl)c2)n1)N[C@@H](Cc1ccccc1)C(=O)O. The number of nitrogens with zero attached hydrogens (tertiary/aromatic N) is 1. The Bertz CT molecular complexity index is 943. The number of carbonyl (C=O) groups excluding carboxylic acids is 1. The number of carboxylic acid groups (broad SMARTS) is 1. The topological polar surface area (TPSA) is 79.3 Å². The second kappa shape index (κ2) is 8.79. The number of nitrogens with one attached hydrogen (secondary N) is 1. The zero-order valence-corrected chi connectivity index (χ0v) is 15.8. The predicted molar refractivity (Wildman–Crippen MR) is 106 cm³/mol. The summed E-state index contributed by atoms with van der Waals surface area (Å²) in [5.74, 6) is -1.44. The van der Waals surface area contributed by atoms with Gasteiger partial charge in [0.1, 0.15) is 11.0 Å². The maximum atomic E-state index is 12.3. The molecule has 0 radical (unpaired) electrons. The molecule has 0 aliphatic heterocycles. The van der Waals surface area contributed by atoms with Crippen LogP contribution in [0.15, 0.2) is 60.0 Å². The first-order valence-electron chi connectivity index (χ1n) is 8.27. The Morgan fingerprint density at radius 2 is 1.93 bits per heavy atom. The number of benzene rings is 2. The number of hydrogen-bond donors (Lipinski definition) is 2. The number of rotatable bonds is 7. The molecule has 0 spiro atoms. The summed E-state index contributed by atoms with van der Waals surface area (Å²) < 4.78 is 0. The van der Waals surface area contributed by atoms with Crippen molar-refractivity contribution in [2.75, 3.05) is 0 Å². The Labute approximate surface area is 165 Å². The van der Waals surface area contributed by atoms with Crippen LogP contribution in [0.25, 0.3) is 10.6 Å². The van der Waals surface area contributed by atoms with E-state index in [9.17, 15) is 14.7 Å². The summed E-state index contributed by atoms with van der Waals surface area (Å²) in [6.07, 6.45) is 0.252. The van der Waals surface area contributed by atoms with Crippen LogP contribution in [-0.2, 0) is 22.4 Å². The van der Waals surface area contributed by atoms with Crippen molar-refractivity contribution in [2.45, 2.75) is 18.9 Å². The van der Waals surface area contributed by atoms with Crippen molar-refractivity contribution < 1.29 is 14.7 Å². The maximum Gasteiger partial charge on any atom is 0.326 e. The van der Waals surface area contributed by atoms with Crippen LogP contribution in [0.2, 0.25) is 5.02 Å². The Morgan fingerprint density at radius 1 is 1.15 bits per heavy atom. The molecule has 1 aromatic heterocycles. The molecule has 7 heteroatoms. The van der Waals surface area contributed by atoms with Crippen molar-refractivity contribution in [1.82, 2.24) is 10.3 Å². The first-order valence-corrected chi connectivity index (χ1v) is 9.53. The fourth-order valence-corrected chi connectivity index (χ4v) is 3.61. The quantitative estimate of drug-likeness (QED) is 0.632. The Kier molecular flexibility index (Phi) is 6.21. The Hall–Kier alpha value is -2.70. The lowest BCUT2D eigenvalue weighted by Gasteiger charge is -2.14. The minimum absolute atomic E-state index is 0.0234. The summed E-state index contributed by atoms with van der Waals surface area (Å²) in [6, 6.07) is 15.5. The molecule has 0 saturated carbocycles. The van der Waals surface area contributed by atoms with Crippen LogP contribution in [0.4, 0.5) is 0 Å². The molecule has 0 saturated heterocycles. The van der Waals surface area contributed by atoms with E-state index in [0.29, 0.717) is 10.7 Å². The van der Waals surface area contributed by atoms with E-state index in [1.54, 1.807) is 11.4 Å². The monoisotopic (exact) mass is 400 g/mol. The minimum atomic E-state index is -1.06. The number of aromatic nitrogens is 1. The molecule has 5 nitrogen and oxygen atoms in total. The normalized spacial score (nSPS) is 11.7. The van der Waals surface area contributed by atoms with Crippen LogP contribution in [0.3, 0.4) is 0 Å². The number of thiazole rings is 1. The molecule has 1 amide bonds. The van der Waals surface area contributed by atoms with Gasteiger partial charge in [0.25, 0.3) is 0 Å². The van der Waals surface area contributed by atoms with Crippen LogP contribution in [0.1, 0.15) is 11.3 Å². The lowest BCUT2D eigenvalue weighted by molar-refractivity contribution is -0.141. The number of carboxylic acids is 1. The molecule has 3 aromatic rings. The van der Waals surface area contributed by atoms with E-state index in [4.69, 9.17) is 11.6 Å². The Balaban J connectivity index is 1.63. The van der Waals surface area contributed by atoms with Crippen molar-refractivity contribution in [3.05, 3.63) is 76.3 Å². The van der Waals surface area contributed by atoms with Gasteiger partial charge in [-0.15, -0.1) is 11.3 Å². The average molecular weight is 401 g/mol. The van der Waals surface area contributed by atoms with Gasteiger partial charge in [-0.1, -0.05) is 54.1 Å². The van der Waals surface area contributed by atoms with E-state index in [1.165, 1.54) is 11.3 Å². The molecule has 1 heterocycles. The minimum Gasteiger partial charge on any atom is -0.480 e. The zero-order chi connectivity index (χ0) is 19.2. The third-order valence-corrected chi connectivity index (χ3v) is 5.06. The summed E-state index contributed by atoms with van der Waals surface area (Å²) in [4.78, 5) is 28.2. The highest BCUT2D eigenvalue weighted by Gasteiger charge is 2.21. The lowest BCUT2D eigenvalue weighted by Crippen LogP contribution is -2.43. The third kappa shape index (κ3) is 5.39. The van der Waals surface area contributed by atoms with Gasteiger partial charge < -0.3 is 10.4 Å². The first-order chi connectivity index (χ1) is 13.0. The molecule has 27 heavy (non-hydrogen) atoms. The highest BCUT2D eigenvalue weighted by molar-refractivity contribution is 7.13. The largest absolute Gasteiger partial charge is 0.480 e. The molecule has 1 atom stereocenters. The fourth-order valence-electron chi connectivity index (χ4n) is 2.60. The van der Waals surface area contributed by atoms with E-state index in [1.807, 2.05) is 48.5 Å². The lowest BCUT2D eigenvalue weighted by atomic mass is 10.1. The van der Waals surface area contributed by atoms with Gasteiger partial charge in [0.2, 0.25) is 5.91 Å². The number of carbonyl (C=O) groups is 2. The average Bonchev–Trinajstić information content (AvgIpc) is 3.10. The maximum absolute atomic E-state index is 12.3. The summed E-state index contributed by atoms with van der Waals surface area (Å²) >= 11 is 7.41. The first kappa shape index (κ1) is 19.1. The molecule has 0 aliphatic rings. The van der Waals surface area contributed by atoms with Gasteiger partial charge in [0, 0.05) is 22.4 Å². The molecule has 2 N–H and O–H groups in total. The van der Waals surface area contributed by atoms with Crippen molar-refractivity contribution >= 4 is 34.8 Å². The van der Waals surface area contributed by atoms with Gasteiger partial charge in [-0.2, -0.15) is 0 Å². The third-order valence-electron chi connectivity index (χ3n) is 3.88. The summed E-state index contributed by atoms with van der Waals surface area (Å²) in [5.41, 5.74) is 2.32. The summed E-state index contributed by atoms with van der Waals surface area (Å²) in [6.45, 7) is 0. The number of hydrogen-bond acceptors (Lipinski definition) is 4. The van der Waals surface area contributed by atoms with Gasteiger partial charge in [-0.25, -0.2) is 9.78 Å². The van der Waals surface area contributed by atoms with Gasteiger partial charge in [-0.05, 0) is 17.7 Å². The van der Waals surface area contributed by atoms with Gasteiger partial charge in [-0.3, -0.25) is 4.79 Å². The smallest absolute Gasteiger partial charge is 0.326 e. The number of aliphatic carboxylic acids is 1. The van der Waals surface area contributed by atoms with Crippen molar-refractivity contribution in [2.24, 2.45) is 0 Å². The van der Waals surface area contributed by atoms with Crippen molar-refractivity contribution in [3.63, 3.8) is 0 Å². The van der Waals surface area contributed by atoms with Crippen LogP contribution < -0.4 is 5.32 Å². The van der Waals surface area contributed by atoms with E-state index < -0.39 is 12.0 Å². The molecule has 3 rings (SSSR count). The Morgan fingerprint density at radius 3 is 2.63 bits per heavy atom. The molecule has 0 bridgehead atoms.